The van der Waals surface area contributed by atoms with E-state index in [1.54, 1.807) is 0 Å². The number of rotatable bonds is 2. The summed E-state index contributed by atoms with van der Waals surface area (Å²) in [5, 5.41) is 0. The molecule has 1 aliphatic rings. The highest BCUT2D eigenvalue weighted by atomic mass is 19.4. The highest BCUT2D eigenvalue weighted by Crippen LogP contribution is 2.42. The van der Waals surface area contributed by atoms with Crippen molar-refractivity contribution in [3.63, 3.8) is 0 Å². The van der Waals surface area contributed by atoms with Crippen molar-refractivity contribution in [2.45, 2.75) is 18.0 Å². The van der Waals surface area contributed by atoms with Crippen molar-refractivity contribution in [3.05, 3.63) is 23.9 Å². The average Bonchev–Trinajstić information content (AvgIpc) is 2.25. The largest absolute Gasteiger partial charge is 0.420 e. The minimum Gasteiger partial charge on any atom is -0.365 e. The van der Waals surface area contributed by atoms with Crippen molar-refractivity contribution < 1.29 is 31.1 Å². The first-order valence-corrected chi connectivity index (χ1v) is 5.49. The van der Waals surface area contributed by atoms with Gasteiger partial charge in [-0.2, -0.15) is 26.3 Å². The van der Waals surface area contributed by atoms with E-state index in [4.69, 9.17) is 0 Å². The molecule has 0 aliphatic carbocycles. The second-order valence-electron chi connectivity index (χ2n) is 4.46. The summed E-state index contributed by atoms with van der Waals surface area (Å²) >= 11 is 0. The third-order valence-corrected chi connectivity index (χ3v) is 3.20. The van der Waals surface area contributed by atoms with Crippen molar-refractivity contribution in [2.75, 3.05) is 25.1 Å². The van der Waals surface area contributed by atoms with Crippen LogP contribution in [0.1, 0.15) is 5.56 Å². The lowest BCUT2D eigenvalue weighted by Gasteiger charge is -2.49. The van der Waals surface area contributed by atoms with E-state index in [0.717, 1.165) is 19.2 Å². The topological polar surface area (TPSA) is 25.4 Å². The molecule has 0 atom stereocenters. The third-order valence-electron chi connectivity index (χ3n) is 3.20. The molecule has 0 N–H and O–H groups in total. The highest BCUT2D eigenvalue weighted by molar-refractivity contribution is 5.45. The number of pyridine rings is 1. The molecule has 0 radical (unpaired) electrons. The predicted molar refractivity (Wildman–Crippen MR) is 57.2 cm³/mol. The normalized spacial score (nSPS) is 18.9. The molecule has 3 nitrogen and oxygen atoms in total. The molecule has 1 saturated heterocycles. The van der Waals surface area contributed by atoms with Crippen molar-refractivity contribution >= 4 is 5.82 Å². The van der Waals surface area contributed by atoms with E-state index in [1.165, 1.54) is 4.90 Å². The number of methoxy groups -OCH3 is 1. The first-order chi connectivity index (χ1) is 9.09. The summed E-state index contributed by atoms with van der Waals surface area (Å²) < 4.78 is 79.7. The molecule has 2 rings (SSSR count). The molecule has 0 unspecified atom stereocenters. The van der Waals surface area contributed by atoms with Gasteiger partial charge in [-0.3, -0.25) is 0 Å². The SMILES string of the molecule is COC1(C(F)(F)F)CN(c2ccc(C(F)(F)F)cn2)C1. The molecule has 1 aromatic heterocycles. The first kappa shape index (κ1) is 14.9. The Labute approximate surface area is 110 Å². The zero-order chi connectivity index (χ0) is 15.2. The van der Waals surface area contributed by atoms with Crippen LogP contribution in [0.5, 0.6) is 0 Å². The van der Waals surface area contributed by atoms with Crippen LogP contribution < -0.4 is 4.90 Å². The lowest BCUT2D eigenvalue weighted by molar-refractivity contribution is -0.277. The molecule has 0 aromatic carbocycles. The molecule has 1 fully saturated rings. The Bertz CT molecular complexity index is 475. The molecule has 9 heteroatoms. The maximum Gasteiger partial charge on any atom is 0.420 e. The molecule has 2 heterocycles. The molecule has 20 heavy (non-hydrogen) atoms. The summed E-state index contributed by atoms with van der Waals surface area (Å²) in [6.45, 7) is -0.989. The van der Waals surface area contributed by atoms with Gasteiger partial charge in [0.05, 0.1) is 18.7 Å². The van der Waals surface area contributed by atoms with Crippen molar-refractivity contribution in [1.29, 1.82) is 0 Å². The molecule has 0 saturated carbocycles. The fourth-order valence-electron chi connectivity index (χ4n) is 1.90. The molecule has 0 bridgehead atoms. The third kappa shape index (κ3) is 2.41. The summed E-state index contributed by atoms with van der Waals surface area (Å²) in [5.74, 6) is 0.0509. The van der Waals surface area contributed by atoms with Crippen LogP contribution in [0.15, 0.2) is 18.3 Å². The molecule has 1 aromatic rings. The van der Waals surface area contributed by atoms with Gasteiger partial charge in [0.25, 0.3) is 0 Å². The van der Waals surface area contributed by atoms with Gasteiger partial charge < -0.3 is 9.64 Å². The van der Waals surface area contributed by atoms with Crippen molar-refractivity contribution in [2.24, 2.45) is 0 Å². The number of anilines is 1. The second kappa shape index (κ2) is 4.51. The Morgan fingerprint density at radius 2 is 1.75 bits per heavy atom. The van der Waals surface area contributed by atoms with E-state index in [9.17, 15) is 26.3 Å². The number of aromatic nitrogens is 1. The Hall–Kier alpha value is -1.51. The van der Waals surface area contributed by atoms with E-state index in [1.807, 2.05) is 0 Å². The molecular formula is C11H10F6N2O. The molecular weight excluding hydrogens is 290 g/mol. The minimum absolute atomic E-state index is 0.0509. The summed E-state index contributed by atoms with van der Waals surface area (Å²) in [4.78, 5) is 4.74. The molecule has 0 spiro atoms. The molecule has 0 amide bonds. The number of hydrogen-bond donors (Lipinski definition) is 0. The maximum absolute atomic E-state index is 12.7. The van der Waals surface area contributed by atoms with Gasteiger partial charge in [0, 0.05) is 13.3 Å². The minimum atomic E-state index is -4.54. The monoisotopic (exact) mass is 300 g/mol. The standard InChI is InChI=1S/C11H10F6N2O/c1-20-9(11(15,16)17)5-19(6-9)8-3-2-7(4-18-8)10(12,13)14/h2-4H,5-6H2,1H3. The van der Waals surface area contributed by atoms with Crippen LogP contribution >= 0.6 is 0 Å². The van der Waals surface area contributed by atoms with Gasteiger partial charge in [-0.25, -0.2) is 4.98 Å². The number of halogens is 6. The fraction of sp³-hybridized carbons (Fsp3) is 0.545. The van der Waals surface area contributed by atoms with Crippen molar-refractivity contribution in [1.82, 2.24) is 4.98 Å². The van der Waals surface area contributed by atoms with Gasteiger partial charge >= 0.3 is 12.4 Å². The maximum atomic E-state index is 12.7. The first-order valence-electron chi connectivity index (χ1n) is 5.49. The van der Waals surface area contributed by atoms with E-state index < -0.39 is 36.6 Å². The van der Waals surface area contributed by atoms with E-state index in [-0.39, 0.29) is 5.82 Å². The van der Waals surface area contributed by atoms with Gasteiger partial charge in [0.2, 0.25) is 0 Å². The smallest absolute Gasteiger partial charge is 0.365 e. The van der Waals surface area contributed by atoms with E-state index >= 15 is 0 Å². The van der Waals surface area contributed by atoms with Gasteiger partial charge in [-0.05, 0) is 12.1 Å². The van der Waals surface area contributed by atoms with Crippen molar-refractivity contribution in [3.8, 4) is 0 Å². The van der Waals surface area contributed by atoms with Crippen LogP contribution in [0.2, 0.25) is 0 Å². The molecule has 1 aliphatic heterocycles. The second-order valence-corrected chi connectivity index (χ2v) is 4.46. The average molecular weight is 300 g/mol. The Morgan fingerprint density at radius 3 is 2.10 bits per heavy atom. The number of ether oxygens (including phenoxy) is 1. The Balaban J connectivity index is 2.10. The summed E-state index contributed by atoms with van der Waals surface area (Å²) in [5.41, 5.74) is -3.23. The number of hydrogen-bond acceptors (Lipinski definition) is 3. The van der Waals surface area contributed by atoms with Gasteiger partial charge in [-0.15, -0.1) is 0 Å². The van der Waals surface area contributed by atoms with E-state index in [2.05, 4.69) is 9.72 Å². The van der Waals surface area contributed by atoms with Crippen LogP contribution in [0.4, 0.5) is 32.2 Å². The lowest BCUT2D eigenvalue weighted by Crippen LogP contribution is -2.70. The number of nitrogens with zero attached hydrogens (tertiary/aromatic N) is 2. The summed E-state index contributed by atoms with van der Waals surface area (Å²) in [6.07, 6.45) is -8.47. The number of alkyl halides is 6. The summed E-state index contributed by atoms with van der Waals surface area (Å²) in [6, 6.07) is 1.82. The van der Waals surface area contributed by atoms with Gasteiger partial charge in [0.1, 0.15) is 5.82 Å². The van der Waals surface area contributed by atoms with Crippen LogP contribution in [0, 0.1) is 0 Å². The highest BCUT2D eigenvalue weighted by Gasteiger charge is 2.63. The zero-order valence-electron chi connectivity index (χ0n) is 10.2. The quantitative estimate of drug-likeness (QED) is 0.785. The Morgan fingerprint density at radius 1 is 1.15 bits per heavy atom. The van der Waals surface area contributed by atoms with Crippen LogP contribution in [0.25, 0.3) is 0 Å². The molecule has 112 valence electrons. The Kier molecular flexibility index (Phi) is 3.35. The zero-order valence-corrected chi connectivity index (χ0v) is 10.2. The fourth-order valence-corrected chi connectivity index (χ4v) is 1.90. The van der Waals surface area contributed by atoms with Gasteiger partial charge in [0.15, 0.2) is 5.60 Å². The van der Waals surface area contributed by atoms with Crippen LogP contribution in [-0.2, 0) is 10.9 Å². The van der Waals surface area contributed by atoms with Crippen LogP contribution in [0.3, 0.4) is 0 Å². The lowest BCUT2D eigenvalue weighted by atomic mass is 9.93. The van der Waals surface area contributed by atoms with E-state index in [0.29, 0.717) is 6.20 Å². The summed E-state index contributed by atoms with van der Waals surface area (Å²) in [7, 11) is 0.949. The van der Waals surface area contributed by atoms with Gasteiger partial charge in [-0.1, -0.05) is 0 Å². The predicted octanol–water partition coefficient (Wildman–Crippen LogP) is 2.87. The van der Waals surface area contributed by atoms with Crippen LogP contribution in [-0.4, -0.2) is 37.0 Å².